The van der Waals surface area contributed by atoms with E-state index in [0.717, 1.165) is 44.7 Å². The molecule has 6 nitrogen and oxygen atoms in total. The van der Waals surface area contributed by atoms with Crippen LogP contribution in [0.15, 0.2) is 16.9 Å². The number of fused-ring (bicyclic) bond motifs is 1. The van der Waals surface area contributed by atoms with E-state index in [1.807, 2.05) is 10.9 Å². The predicted octanol–water partition coefficient (Wildman–Crippen LogP) is 2.37. The lowest BCUT2D eigenvalue weighted by atomic mass is 9.96. The number of nitrogens with zero attached hydrogens (tertiary/aromatic N) is 5. The van der Waals surface area contributed by atoms with Gasteiger partial charge in [-0.05, 0) is 45.1 Å². The Labute approximate surface area is 130 Å². The van der Waals surface area contributed by atoms with Crippen molar-refractivity contribution in [1.29, 1.82) is 0 Å². The van der Waals surface area contributed by atoms with Gasteiger partial charge in [-0.3, -0.25) is 4.90 Å². The highest BCUT2D eigenvalue weighted by Crippen LogP contribution is 2.27. The van der Waals surface area contributed by atoms with Gasteiger partial charge in [0, 0.05) is 31.3 Å². The number of likely N-dealkylation sites (tertiary alicyclic amines) is 1. The Bertz CT molecular complexity index is 606. The lowest BCUT2D eigenvalue weighted by molar-refractivity contribution is 0.260. The van der Waals surface area contributed by atoms with E-state index in [1.54, 1.807) is 6.20 Å². The molecule has 1 fully saturated rings. The minimum Gasteiger partial charge on any atom is -0.361 e. The Kier molecular flexibility index (Phi) is 3.93. The monoisotopic (exact) mass is 301 g/mol. The van der Waals surface area contributed by atoms with Crippen LogP contribution in [0.1, 0.15) is 55.2 Å². The number of aromatic nitrogens is 4. The summed E-state index contributed by atoms with van der Waals surface area (Å²) in [6.45, 7) is 3.15. The van der Waals surface area contributed by atoms with Crippen LogP contribution in [0.3, 0.4) is 0 Å². The van der Waals surface area contributed by atoms with Crippen molar-refractivity contribution in [3.63, 3.8) is 0 Å². The minimum atomic E-state index is 0.485. The van der Waals surface area contributed by atoms with Crippen LogP contribution in [0.4, 0.5) is 0 Å². The predicted molar refractivity (Wildman–Crippen MR) is 81.3 cm³/mol. The van der Waals surface area contributed by atoms with Crippen molar-refractivity contribution in [2.24, 2.45) is 0 Å². The van der Waals surface area contributed by atoms with Crippen LogP contribution in [0.25, 0.3) is 0 Å². The highest BCUT2D eigenvalue weighted by Gasteiger charge is 2.23. The normalized spacial score (nSPS) is 23.2. The third-order valence-electron chi connectivity index (χ3n) is 5.01. The molecular formula is C16H23N5O. The van der Waals surface area contributed by atoms with Crippen molar-refractivity contribution in [3.05, 3.63) is 29.4 Å². The van der Waals surface area contributed by atoms with Crippen molar-refractivity contribution in [2.45, 2.75) is 57.5 Å². The van der Waals surface area contributed by atoms with Gasteiger partial charge in [0.1, 0.15) is 11.5 Å². The Hall–Kier alpha value is -1.69. The summed E-state index contributed by atoms with van der Waals surface area (Å²) in [7, 11) is 0. The fourth-order valence-electron chi connectivity index (χ4n) is 3.76. The largest absolute Gasteiger partial charge is 0.361 e. The molecule has 2 aromatic heterocycles. The molecule has 0 radical (unpaired) electrons. The summed E-state index contributed by atoms with van der Waals surface area (Å²) in [6, 6.07) is 0.485. The van der Waals surface area contributed by atoms with Crippen LogP contribution in [0.2, 0.25) is 0 Å². The number of hydrogen-bond donors (Lipinski definition) is 0. The average molecular weight is 301 g/mol. The molecule has 1 aliphatic carbocycles. The molecule has 2 aromatic rings. The first-order chi connectivity index (χ1) is 10.9. The second-order valence-electron chi connectivity index (χ2n) is 6.48. The van der Waals surface area contributed by atoms with E-state index in [4.69, 9.17) is 4.52 Å². The maximum Gasteiger partial charge on any atom is 0.140 e. The molecule has 3 heterocycles. The van der Waals surface area contributed by atoms with E-state index in [1.165, 1.54) is 36.9 Å². The van der Waals surface area contributed by atoms with Gasteiger partial charge in [0.15, 0.2) is 0 Å². The molecule has 0 spiro atoms. The maximum absolute atomic E-state index is 5.54. The zero-order valence-electron chi connectivity index (χ0n) is 12.9. The van der Waals surface area contributed by atoms with Gasteiger partial charge in [0.05, 0.1) is 12.2 Å². The third-order valence-corrected chi connectivity index (χ3v) is 5.01. The van der Waals surface area contributed by atoms with Crippen LogP contribution in [-0.4, -0.2) is 38.1 Å². The van der Waals surface area contributed by atoms with E-state index < -0.39 is 0 Å². The minimum absolute atomic E-state index is 0.485. The Balaban J connectivity index is 1.40. The highest BCUT2D eigenvalue weighted by atomic mass is 16.5. The van der Waals surface area contributed by atoms with Gasteiger partial charge in [-0.1, -0.05) is 10.4 Å². The van der Waals surface area contributed by atoms with Crippen molar-refractivity contribution in [1.82, 2.24) is 25.1 Å². The van der Waals surface area contributed by atoms with Gasteiger partial charge in [-0.15, -0.1) is 5.10 Å². The van der Waals surface area contributed by atoms with Crippen LogP contribution in [0.5, 0.6) is 0 Å². The summed E-state index contributed by atoms with van der Waals surface area (Å²) in [4.78, 5) is 2.52. The second-order valence-corrected chi connectivity index (χ2v) is 6.48. The van der Waals surface area contributed by atoms with Gasteiger partial charge < -0.3 is 4.52 Å². The third kappa shape index (κ3) is 2.79. The van der Waals surface area contributed by atoms with Crippen LogP contribution in [0, 0.1) is 0 Å². The first-order valence-corrected chi connectivity index (χ1v) is 8.44. The molecule has 118 valence electrons. The molecule has 2 aliphatic rings. The van der Waals surface area contributed by atoms with Crippen LogP contribution < -0.4 is 0 Å². The maximum atomic E-state index is 5.54. The second kappa shape index (κ2) is 6.20. The molecule has 0 saturated carbocycles. The van der Waals surface area contributed by atoms with E-state index >= 15 is 0 Å². The number of aryl methyl sites for hydroxylation is 1. The SMILES string of the molecule is c1cn(C2CCCN(Cc3noc4c3CCCC4)CC2)nn1. The molecule has 1 saturated heterocycles. The van der Waals surface area contributed by atoms with Gasteiger partial charge in [-0.25, -0.2) is 4.68 Å². The first kappa shape index (κ1) is 13.9. The average Bonchev–Trinajstić information content (AvgIpc) is 3.15. The fraction of sp³-hybridized carbons (Fsp3) is 0.688. The summed E-state index contributed by atoms with van der Waals surface area (Å²) < 4.78 is 7.56. The molecule has 1 unspecified atom stereocenters. The highest BCUT2D eigenvalue weighted by molar-refractivity contribution is 5.25. The zero-order chi connectivity index (χ0) is 14.8. The Morgan fingerprint density at radius 1 is 1.14 bits per heavy atom. The number of hydrogen-bond acceptors (Lipinski definition) is 5. The Morgan fingerprint density at radius 3 is 3.00 bits per heavy atom. The molecule has 22 heavy (non-hydrogen) atoms. The van der Waals surface area contributed by atoms with Gasteiger partial charge in [0.2, 0.25) is 0 Å². The molecule has 0 amide bonds. The summed E-state index contributed by atoms with van der Waals surface area (Å²) in [5.41, 5.74) is 2.57. The van der Waals surface area contributed by atoms with Crippen molar-refractivity contribution < 1.29 is 4.52 Å². The lowest BCUT2D eigenvalue weighted by Crippen LogP contribution is -2.25. The quantitative estimate of drug-likeness (QED) is 0.871. The van der Waals surface area contributed by atoms with Crippen LogP contribution >= 0.6 is 0 Å². The smallest absolute Gasteiger partial charge is 0.140 e. The molecule has 1 aliphatic heterocycles. The summed E-state index contributed by atoms with van der Waals surface area (Å²) in [5.74, 6) is 1.14. The van der Waals surface area contributed by atoms with E-state index in [2.05, 4.69) is 20.4 Å². The summed E-state index contributed by atoms with van der Waals surface area (Å²) in [6.07, 6.45) is 12.0. The zero-order valence-corrected chi connectivity index (χ0v) is 12.9. The Morgan fingerprint density at radius 2 is 2.09 bits per heavy atom. The molecule has 1 atom stereocenters. The van der Waals surface area contributed by atoms with Gasteiger partial charge in [0.25, 0.3) is 0 Å². The van der Waals surface area contributed by atoms with E-state index in [9.17, 15) is 0 Å². The molecule has 4 rings (SSSR count). The lowest BCUT2D eigenvalue weighted by Gasteiger charge is -2.20. The van der Waals surface area contributed by atoms with E-state index in [0.29, 0.717) is 6.04 Å². The molecule has 6 heteroatoms. The molecule has 0 aromatic carbocycles. The molecular weight excluding hydrogens is 278 g/mol. The number of rotatable bonds is 3. The topological polar surface area (TPSA) is 60.0 Å². The standard InChI is InChI=1S/C16H23N5O/c1-2-6-16-14(5-1)15(18-22-16)12-20-9-3-4-13(7-10-20)21-11-8-17-19-21/h8,11,13H,1-7,9-10,12H2. The fourth-order valence-corrected chi connectivity index (χ4v) is 3.76. The van der Waals surface area contributed by atoms with Crippen molar-refractivity contribution in [2.75, 3.05) is 13.1 Å². The first-order valence-electron chi connectivity index (χ1n) is 8.44. The van der Waals surface area contributed by atoms with E-state index in [-0.39, 0.29) is 0 Å². The van der Waals surface area contributed by atoms with Crippen molar-refractivity contribution >= 4 is 0 Å². The summed E-state index contributed by atoms with van der Waals surface area (Å²) in [5, 5.41) is 12.4. The van der Waals surface area contributed by atoms with Gasteiger partial charge >= 0.3 is 0 Å². The molecule has 0 bridgehead atoms. The van der Waals surface area contributed by atoms with Crippen LogP contribution in [-0.2, 0) is 19.4 Å². The summed E-state index contributed by atoms with van der Waals surface area (Å²) >= 11 is 0. The van der Waals surface area contributed by atoms with Gasteiger partial charge in [-0.2, -0.15) is 0 Å². The van der Waals surface area contributed by atoms with Crippen molar-refractivity contribution in [3.8, 4) is 0 Å². The molecule has 0 N–H and O–H groups in total.